The number of hydrogen-bond donors (Lipinski definition) is 0. The van der Waals surface area contributed by atoms with Crippen molar-refractivity contribution in [3.8, 4) is 0 Å². The molecule has 1 aromatic carbocycles. The molecule has 3 rings (SSSR count). The highest BCUT2D eigenvalue weighted by Crippen LogP contribution is 2.20. The zero-order valence-corrected chi connectivity index (χ0v) is 15.1. The molecule has 138 valence electrons. The van der Waals surface area contributed by atoms with E-state index < -0.39 is 4.92 Å². The standard InChI is InChI=1S/C18H23N5O3/c1-14-3-4-16(13-17(14)23(25)26)18(24)22-11-8-20(9-12-22)7-10-21-6-5-19-15(21)2/h3-6,13H,7-12H2,1-2H3. The zero-order valence-electron chi connectivity index (χ0n) is 15.1. The lowest BCUT2D eigenvalue weighted by Gasteiger charge is -2.34. The number of imidazole rings is 1. The van der Waals surface area contributed by atoms with Crippen molar-refractivity contribution in [1.82, 2.24) is 19.4 Å². The maximum atomic E-state index is 12.7. The first-order valence-corrected chi connectivity index (χ1v) is 8.70. The van der Waals surface area contributed by atoms with Gasteiger partial charge in [0.1, 0.15) is 5.82 Å². The second kappa shape index (κ2) is 7.65. The van der Waals surface area contributed by atoms with Crippen molar-refractivity contribution < 1.29 is 9.72 Å². The lowest BCUT2D eigenvalue weighted by molar-refractivity contribution is -0.385. The Hall–Kier alpha value is -2.74. The van der Waals surface area contributed by atoms with Crippen LogP contribution in [0.15, 0.2) is 30.6 Å². The normalized spacial score (nSPS) is 15.2. The molecular formula is C18H23N5O3. The van der Waals surface area contributed by atoms with Crippen LogP contribution >= 0.6 is 0 Å². The molecule has 1 aromatic heterocycles. The van der Waals surface area contributed by atoms with Crippen LogP contribution in [0, 0.1) is 24.0 Å². The topological polar surface area (TPSA) is 84.5 Å². The van der Waals surface area contributed by atoms with Crippen molar-refractivity contribution in [3.63, 3.8) is 0 Å². The maximum absolute atomic E-state index is 12.7. The number of carbonyl (C=O) groups is 1. The van der Waals surface area contributed by atoms with E-state index in [0.717, 1.165) is 32.0 Å². The number of nitro groups is 1. The van der Waals surface area contributed by atoms with Crippen LogP contribution < -0.4 is 0 Å². The summed E-state index contributed by atoms with van der Waals surface area (Å²) in [6.07, 6.45) is 3.77. The Labute approximate surface area is 152 Å². The number of nitro benzene ring substituents is 1. The fourth-order valence-corrected chi connectivity index (χ4v) is 3.19. The van der Waals surface area contributed by atoms with Gasteiger partial charge in [-0.3, -0.25) is 19.8 Å². The summed E-state index contributed by atoms with van der Waals surface area (Å²) in [6, 6.07) is 4.68. The molecule has 1 fully saturated rings. The third-order valence-electron chi connectivity index (χ3n) is 4.89. The summed E-state index contributed by atoms with van der Waals surface area (Å²) in [4.78, 5) is 31.6. The SMILES string of the molecule is Cc1ccc(C(=O)N2CCN(CCn3ccnc3C)CC2)cc1[N+](=O)[O-]. The molecule has 26 heavy (non-hydrogen) atoms. The van der Waals surface area contributed by atoms with Crippen LogP contribution in [-0.4, -0.2) is 62.9 Å². The first-order chi connectivity index (χ1) is 12.5. The number of hydrogen-bond acceptors (Lipinski definition) is 5. The number of benzene rings is 1. The predicted molar refractivity (Wildman–Crippen MR) is 97.1 cm³/mol. The first kappa shape index (κ1) is 18.1. The van der Waals surface area contributed by atoms with Crippen molar-refractivity contribution in [2.24, 2.45) is 0 Å². The van der Waals surface area contributed by atoms with Gasteiger partial charge in [-0.25, -0.2) is 4.98 Å². The van der Waals surface area contributed by atoms with Gasteiger partial charge in [0.25, 0.3) is 11.6 Å². The molecule has 0 N–H and O–H groups in total. The second-order valence-electron chi connectivity index (χ2n) is 6.56. The number of carbonyl (C=O) groups excluding carboxylic acids is 1. The predicted octanol–water partition coefficient (Wildman–Crippen LogP) is 1.87. The molecule has 0 bridgehead atoms. The molecule has 1 aliphatic rings. The molecule has 1 saturated heterocycles. The van der Waals surface area contributed by atoms with Gasteiger partial charge in [0.2, 0.25) is 0 Å². The fraction of sp³-hybridized carbons (Fsp3) is 0.444. The molecule has 0 atom stereocenters. The molecule has 1 aliphatic heterocycles. The molecule has 0 unspecified atom stereocenters. The minimum absolute atomic E-state index is 0.00909. The smallest absolute Gasteiger partial charge is 0.273 e. The van der Waals surface area contributed by atoms with Crippen LogP contribution in [0.4, 0.5) is 5.69 Å². The van der Waals surface area contributed by atoms with Gasteiger partial charge in [-0.2, -0.15) is 0 Å². The monoisotopic (exact) mass is 357 g/mol. The van der Waals surface area contributed by atoms with Crippen molar-refractivity contribution in [2.75, 3.05) is 32.7 Å². The van der Waals surface area contributed by atoms with E-state index in [4.69, 9.17) is 0 Å². The maximum Gasteiger partial charge on any atom is 0.273 e. The number of rotatable bonds is 5. The summed E-state index contributed by atoms with van der Waals surface area (Å²) in [7, 11) is 0. The Kier molecular flexibility index (Phi) is 5.32. The largest absolute Gasteiger partial charge is 0.336 e. The lowest BCUT2D eigenvalue weighted by Crippen LogP contribution is -2.49. The number of aromatic nitrogens is 2. The van der Waals surface area contributed by atoms with Crippen molar-refractivity contribution >= 4 is 11.6 Å². The van der Waals surface area contributed by atoms with E-state index in [1.165, 1.54) is 6.07 Å². The number of nitrogens with zero attached hydrogens (tertiary/aromatic N) is 5. The van der Waals surface area contributed by atoms with E-state index in [1.807, 2.05) is 13.1 Å². The Morgan fingerprint density at radius 1 is 1.19 bits per heavy atom. The van der Waals surface area contributed by atoms with Gasteiger partial charge in [0.05, 0.1) is 4.92 Å². The summed E-state index contributed by atoms with van der Waals surface area (Å²) in [6.45, 7) is 8.30. The highest BCUT2D eigenvalue weighted by atomic mass is 16.6. The minimum atomic E-state index is -0.442. The van der Waals surface area contributed by atoms with Crippen LogP contribution in [-0.2, 0) is 6.54 Å². The molecule has 0 aliphatic carbocycles. The third kappa shape index (κ3) is 3.91. The van der Waals surface area contributed by atoms with Crippen molar-refractivity contribution in [2.45, 2.75) is 20.4 Å². The lowest BCUT2D eigenvalue weighted by atomic mass is 10.1. The highest BCUT2D eigenvalue weighted by Gasteiger charge is 2.23. The summed E-state index contributed by atoms with van der Waals surface area (Å²) in [5, 5.41) is 11.1. The summed E-state index contributed by atoms with van der Waals surface area (Å²) >= 11 is 0. The van der Waals surface area contributed by atoms with Crippen molar-refractivity contribution in [3.05, 3.63) is 57.7 Å². The van der Waals surface area contributed by atoms with Crippen LogP contribution in [0.3, 0.4) is 0 Å². The Balaban J connectivity index is 1.56. The van der Waals surface area contributed by atoms with Gasteiger partial charge < -0.3 is 9.47 Å². The average Bonchev–Trinajstić information content (AvgIpc) is 3.05. The second-order valence-corrected chi connectivity index (χ2v) is 6.56. The van der Waals surface area contributed by atoms with Crippen LogP contribution in [0.1, 0.15) is 21.7 Å². The van der Waals surface area contributed by atoms with Crippen LogP contribution in [0.5, 0.6) is 0 Å². The Morgan fingerprint density at radius 2 is 1.92 bits per heavy atom. The van der Waals surface area contributed by atoms with E-state index in [1.54, 1.807) is 30.2 Å². The quantitative estimate of drug-likeness (QED) is 0.602. The molecule has 2 heterocycles. The molecule has 1 amide bonds. The summed E-state index contributed by atoms with van der Waals surface area (Å²) in [5.41, 5.74) is 0.932. The van der Waals surface area contributed by atoms with Crippen LogP contribution in [0.2, 0.25) is 0 Å². The molecular weight excluding hydrogens is 334 g/mol. The van der Waals surface area contributed by atoms with E-state index in [9.17, 15) is 14.9 Å². The molecule has 0 saturated carbocycles. The third-order valence-corrected chi connectivity index (χ3v) is 4.89. The van der Waals surface area contributed by atoms with Crippen LogP contribution in [0.25, 0.3) is 0 Å². The Bertz CT molecular complexity index is 809. The van der Waals surface area contributed by atoms with Gasteiger partial charge >= 0.3 is 0 Å². The molecule has 0 spiro atoms. The molecule has 2 aromatic rings. The van der Waals surface area contributed by atoms with E-state index in [0.29, 0.717) is 24.2 Å². The molecule has 8 heteroatoms. The van der Waals surface area contributed by atoms with Gasteiger partial charge in [-0.1, -0.05) is 6.07 Å². The first-order valence-electron chi connectivity index (χ1n) is 8.70. The van der Waals surface area contributed by atoms with Gasteiger partial charge in [0, 0.05) is 68.9 Å². The van der Waals surface area contributed by atoms with Gasteiger partial charge in [-0.15, -0.1) is 0 Å². The molecule has 8 nitrogen and oxygen atoms in total. The fourth-order valence-electron chi connectivity index (χ4n) is 3.19. The van der Waals surface area contributed by atoms with E-state index >= 15 is 0 Å². The summed E-state index contributed by atoms with van der Waals surface area (Å²) < 4.78 is 2.11. The number of piperazine rings is 1. The zero-order chi connectivity index (χ0) is 18.7. The van der Waals surface area contributed by atoms with Crippen molar-refractivity contribution in [1.29, 1.82) is 0 Å². The van der Waals surface area contributed by atoms with Gasteiger partial charge in [-0.05, 0) is 19.9 Å². The number of aryl methyl sites for hydroxylation is 2. The Morgan fingerprint density at radius 3 is 2.54 bits per heavy atom. The average molecular weight is 357 g/mol. The van der Waals surface area contributed by atoms with Gasteiger partial charge in [0.15, 0.2) is 0 Å². The van der Waals surface area contributed by atoms with E-state index in [2.05, 4.69) is 14.5 Å². The highest BCUT2D eigenvalue weighted by molar-refractivity contribution is 5.95. The molecule has 0 radical (unpaired) electrons. The minimum Gasteiger partial charge on any atom is -0.336 e. The number of amides is 1. The summed E-state index contributed by atoms with van der Waals surface area (Å²) in [5.74, 6) is 0.859. The van der Waals surface area contributed by atoms with E-state index in [-0.39, 0.29) is 11.6 Å².